The fraction of sp³-hybridized carbons (Fsp3) is 0. The van der Waals surface area contributed by atoms with E-state index < -0.39 is 12.0 Å². The average Bonchev–Trinajstić information content (AvgIpc) is 2.42. The molecule has 2 amide bonds. The monoisotopic (exact) mass is 291 g/mol. The lowest BCUT2D eigenvalue weighted by molar-refractivity contribution is 0.0690. The van der Waals surface area contributed by atoms with Gasteiger partial charge in [-0.05, 0) is 36.4 Å². The van der Waals surface area contributed by atoms with Crippen LogP contribution in [0.2, 0.25) is 5.02 Å². The van der Waals surface area contributed by atoms with Crippen LogP contribution in [0.25, 0.3) is 0 Å². The molecule has 0 bridgehead atoms. The molecule has 0 aliphatic carbocycles. The van der Waals surface area contributed by atoms with Crippen LogP contribution in [0.4, 0.5) is 16.2 Å². The van der Waals surface area contributed by atoms with Crippen molar-refractivity contribution in [2.45, 2.75) is 0 Å². The number of hydrogen-bond acceptors (Lipinski definition) is 3. The van der Waals surface area contributed by atoms with E-state index in [4.69, 9.17) is 16.7 Å². The molecule has 102 valence electrons. The number of aromatic carboxylic acids is 1. The number of nitrogens with one attached hydrogen (secondary N) is 2. The molecule has 0 spiro atoms. The minimum absolute atomic E-state index is 0.0892. The SMILES string of the molecule is O=C(Nc1ccc(Cl)cc1)Nc1ccc(C(=O)O)nc1. The molecular weight excluding hydrogens is 282 g/mol. The van der Waals surface area contributed by atoms with Gasteiger partial charge in [0.25, 0.3) is 0 Å². The molecule has 0 radical (unpaired) electrons. The molecule has 1 aromatic carbocycles. The Kier molecular flexibility index (Phi) is 4.17. The highest BCUT2D eigenvalue weighted by Gasteiger charge is 2.06. The van der Waals surface area contributed by atoms with Gasteiger partial charge in [0.1, 0.15) is 5.69 Å². The standard InChI is InChI=1S/C13H10ClN3O3/c14-8-1-3-9(4-2-8)16-13(20)17-10-5-6-11(12(18)19)15-7-10/h1-7H,(H,18,19)(H2,16,17,20). The topological polar surface area (TPSA) is 91.3 Å². The lowest BCUT2D eigenvalue weighted by Crippen LogP contribution is -2.19. The van der Waals surface area contributed by atoms with Gasteiger partial charge in [-0.1, -0.05) is 11.6 Å². The maximum atomic E-state index is 11.7. The molecule has 0 atom stereocenters. The van der Waals surface area contributed by atoms with Crippen molar-refractivity contribution < 1.29 is 14.7 Å². The van der Waals surface area contributed by atoms with E-state index in [1.165, 1.54) is 18.3 Å². The highest BCUT2D eigenvalue weighted by Crippen LogP contribution is 2.14. The number of nitrogens with zero attached hydrogens (tertiary/aromatic N) is 1. The third kappa shape index (κ3) is 3.69. The van der Waals surface area contributed by atoms with Crippen molar-refractivity contribution in [3.63, 3.8) is 0 Å². The highest BCUT2D eigenvalue weighted by atomic mass is 35.5. The van der Waals surface area contributed by atoms with Crippen LogP contribution in [0, 0.1) is 0 Å². The van der Waals surface area contributed by atoms with Gasteiger partial charge in [0.15, 0.2) is 0 Å². The molecule has 1 heterocycles. The van der Waals surface area contributed by atoms with Crippen LogP contribution in [0.15, 0.2) is 42.6 Å². The number of benzene rings is 1. The summed E-state index contributed by atoms with van der Waals surface area (Å²) in [5.74, 6) is -1.12. The Balaban J connectivity index is 1.97. The first-order chi connectivity index (χ1) is 9.54. The molecule has 7 heteroatoms. The number of anilines is 2. The van der Waals surface area contributed by atoms with Crippen LogP contribution in [-0.4, -0.2) is 22.1 Å². The number of hydrogen-bond donors (Lipinski definition) is 3. The molecular formula is C13H10ClN3O3. The molecule has 1 aromatic heterocycles. The van der Waals surface area contributed by atoms with Gasteiger partial charge in [0.2, 0.25) is 0 Å². The summed E-state index contributed by atoms with van der Waals surface area (Å²) >= 11 is 5.73. The predicted octanol–water partition coefficient (Wildman–Crippen LogP) is 3.08. The zero-order valence-corrected chi connectivity index (χ0v) is 10.9. The molecule has 3 N–H and O–H groups in total. The zero-order valence-electron chi connectivity index (χ0n) is 10.1. The Morgan fingerprint density at radius 2 is 1.60 bits per heavy atom. The van der Waals surface area contributed by atoms with Crippen LogP contribution in [-0.2, 0) is 0 Å². The van der Waals surface area contributed by atoms with Gasteiger partial charge >= 0.3 is 12.0 Å². The van der Waals surface area contributed by atoms with E-state index in [-0.39, 0.29) is 5.69 Å². The van der Waals surface area contributed by atoms with Gasteiger partial charge in [0.05, 0.1) is 11.9 Å². The van der Waals surface area contributed by atoms with E-state index in [9.17, 15) is 9.59 Å². The third-order valence-corrected chi connectivity index (χ3v) is 2.59. The van der Waals surface area contributed by atoms with E-state index >= 15 is 0 Å². The largest absolute Gasteiger partial charge is 0.477 e. The molecule has 6 nitrogen and oxygen atoms in total. The van der Waals surface area contributed by atoms with Gasteiger partial charge in [-0.25, -0.2) is 14.6 Å². The molecule has 0 fully saturated rings. The van der Waals surface area contributed by atoms with Crippen LogP contribution in [0.3, 0.4) is 0 Å². The number of carbonyl (C=O) groups is 2. The number of aromatic nitrogens is 1. The Hall–Kier alpha value is -2.60. The molecule has 0 unspecified atom stereocenters. The van der Waals surface area contributed by atoms with Crippen molar-refractivity contribution in [1.29, 1.82) is 0 Å². The van der Waals surface area contributed by atoms with Gasteiger partial charge in [-0.15, -0.1) is 0 Å². The molecule has 0 aliphatic rings. The molecule has 0 aliphatic heterocycles. The summed E-state index contributed by atoms with van der Waals surface area (Å²) in [5, 5.41) is 14.4. The number of rotatable bonds is 3. The Labute approximate surface area is 119 Å². The summed E-state index contributed by atoms with van der Waals surface area (Å²) in [7, 11) is 0. The normalized spacial score (nSPS) is 9.85. The number of carboxylic acid groups (broad SMARTS) is 1. The Morgan fingerprint density at radius 3 is 2.15 bits per heavy atom. The second-order valence-electron chi connectivity index (χ2n) is 3.82. The summed E-state index contributed by atoms with van der Waals surface area (Å²) < 4.78 is 0. The van der Waals surface area contributed by atoms with Gasteiger partial charge in [-0.3, -0.25) is 0 Å². The maximum absolute atomic E-state index is 11.7. The number of carboxylic acids is 1. The first-order valence-electron chi connectivity index (χ1n) is 5.57. The summed E-state index contributed by atoms with van der Waals surface area (Å²) in [6.45, 7) is 0. The fourth-order valence-corrected chi connectivity index (χ4v) is 1.55. The summed E-state index contributed by atoms with van der Waals surface area (Å²) in [6.07, 6.45) is 1.27. The first-order valence-corrected chi connectivity index (χ1v) is 5.95. The van der Waals surface area contributed by atoms with Crippen LogP contribution in [0.1, 0.15) is 10.5 Å². The quantitative estimate of drug-likeness (QED) is 0.810. The number of urea groups is 1. The fourth-order valence-electron chi connectivity index (χ4n) is 1.42. The van der Waals surface area contributed by atoms with Crippen LogP contribution >= 0.6 is 11.6 Å². The number of carbonyl (C=O) groups excluding carboxylic acids is 1. The van der Waals surface area contributed by atoms with Crippen molar-refractivity contribution in [1.82, 2.24) is 4.98 Å². The van der Waals surface area contributed by atoms with Crippen molar-refractivity contribution in [3.05, 3.63) is 53.3 Å². The predicted molar refractivity (Wildman–Crippen MR) is 75.3 cm³/mol. The average molecular weight is 292 g/mol. The number of pyridine rings is 1. The van der Waals surface area contributed by atoms with E-state index in [2.05, 4.69) is 15.6 Å². The Morgan fingerprint density at radius 1 is 1.00 bits per heavy atom. The van der Waals surface area contributed by atoms with Crippen LogP contribution < -0.4 is 10.6 Å². The highest BCUT2D eigenvalue weighted by molar-refractivity contribution is 6.30. The summed E-state index contributed by atoms with van der Waals surface area (Å²) in [6, 6.07) is 8.93. The Bertz CT molecular complexity index is 626. The van der Waals surface area contributed by atoms with Crippen molar-refractivity contribution >= 4 is 35.0 Å². The van der Waals surface area contributed by atoms with Crippen LogP contribution in [0.5, 0.6) is 0 Å². The molecule has 20 heavy (non-hydrogen) atoms. The number of halogens is 1. The number of amides is 2. The van der Waals surface area contributed by atoms with Crippen molar-refractivity contribution in [2.75, 3.05) is 10.6 Å². The second kappa shape index (κ2) is 6.03. The summed E-state index contributed by atoms with van der Waals surface area (Å²) in [4.78, 5) is 26.0. The smallest absolute Gasteiger partial charge is 0.354 e. The van der Waals surface area contributed by atoms with E-state index in [0.717, 1.165) is 0 Å². The molecule has 0 saturated heterocycles. The minimum Gasteiger partial charge on any atom is -0.477 e. The van der Waals surface area contributed by atoms with Crippen molar-refractivity contribution in [3.8, 4) is 0 Å². The van der Waals surface area contributed by atoms with E-state index in [0.29, 0.717) is 16.4 Å². The second-order valence-corrected chi connectivity index (χ2v) is 4.26. The first kappa shape index (κ1) is 13.8. The van der Waals surface area contributed by atoms with Crippen molar-refractivity contribution in [2.24, 2.45) is 0 Å². The van der Waals surface area contributed by atoms with Gasteiger partial charge < -0.3 is 15.7 Å². The van der Waals surface area contributed by atoms with Gasteiger partial charge in [-0.2, -0.15) is 0 Å². The minimum atomic E-state index is -1.12. The van der Waals surface area contributed by atoms with E-state index in [1.807, 2.05) is 0 Å². The lowest BCUT2D eigenvalue weighted by atomic mass is 10.3. The van der Waals surface area contributed by atoms with E-state index in [1.54, 1.807) is 24.3 Å². The van der Waals surface area contributed by atoms with Gasteiger partial charge in [0, 0.05) is 10.7 Å². The molecule has 2 rings (SSSR count). The summed E-state index contributed by atoms with van der Waals surface area (Å²) in [5.41, 5.74) is 0.886. The maximum Gasteiger partial charge on any atom is 0.354 e. The molecule has 0 saturated carbocycles. The third-order valence-electron chi connectivity index (χ3n) is 2.34. The lowest BCUT2D eigenvalue weighted by Gasteiger charge is -2.07. The zero-order chi connectivity index (χ0) is 14.5. The molecule has 2 aromatic rings.